The number of hydrogen-bond donors (Lipinski definition) is 3. The van der Waals surface area contributed by atoms with Crippen molar-refractivity contribution in [2.45, 2.75) is 20.4 Å². The van der Waals surface area contributed by atoms with Gasteiger partial charge >= 0.3 is 0 Å². The lowest BCUT2D eigenvalue weighted by molar-refractivity contribution is -0.118. The van der Waals surface area contributed by atoms with Gasteiger partial charge in [-0.1, -0.05) is 29.3 Å². The van der Waals surface area contributed by atoms with Crippen LogP contribution in [0.5, 0.6) is 11.5 Å². The van der Waals surface area contributed by atoms with Crippen molar-refractivity contribution in [2.24, 2.45) is 0 Å². The molecule has 1 amide bonds. The minimum absolute atomic E-state index is 0.0117. The first kappa shape index (κ1) is 24.0. The van der Waals surface area contributed by atoms with Gasteiger partial charge in [0, 0.05) is 18.8 Å². The van der Waals surface area contributed by atoms with Gasteiger partial charge in [0.15, 0.2) is 18.1 Å². The summed E-state index contributed by atoms with van der Waals surface area (Å²) in [5.41, 5.74) is 2.74. The Bertz CT molecular complexity index is 799. The summed E-state index contributed by atoms with van der Waals surface area (Å²) in [6, 6.07) is 11.1. The molecule has 0 aliphatic carbocycles. The first-order valence-corrected chi connectivity index (χ1v) is 10.2. The van der Waals surface area contributed by atoms with Crippen LogP contribution in [-0.4, -0.2) is 50.6 Å². The molecule has 0 saturated carbocycles. The summed E-state index contributed by atoms with van der Waals surface area (Å²) in [7, 11) is 0. The van der Waals surface area contributed by atoms with Crippen molar-refractivity contribution < 1.29 is 24.1 Å². The fraction of sp³-hybridized carbons (Fsp3) is 0.409. The number of ether oxygens (including phenoxy) is 3. The zero-order chi connectivity index (χ0) is 21.8. The summed E-state index contributed by atoms with van der Waals surface area (Å²) >= 11 is 6.40. The zero-order valence-corrected chi connectivity index (χ0v) is 18.1. The lowest BCUT2D eigenvalue weighted by atomic mass is 10.2. The molecule has 164 valence electrons. The molecule has 2 aromatic carbocycles. The molecule has 2 rings (SSSR count). The van der Waals surface area contributed by atoms with Crippen LogP contribution in [-0.2, 0) is 16.1 Å². The maximum atomic E-state index is 12.2. The highest BCUT2D eigenvalue weighted by Gasteiger charge is 2.14. The SMILES string of the molecule is CCOc1cc(CNCCOCCO)cc(Cl)c1OCC(=O)Nc1ccc(C)cc1. The molecule has 0 fully saturated rings. The van der Waals surface area contributed by atoms with Crippen LogP contribution >= 0.6 is 11.6 Å². The number of aliphatic hydroxyl groups is 1. The number of benzene rings is 2. The average Bonchev–Trinajstić information content (AvgIpc) is 2.72. The van der Waals surface area contributed by atoms with Gasteiger partial charge in [-0.3, -0.25) is 4.79 Å². The Morgan fingerprint density at radius 1 is 1.13 bits per heavy atom. The molecule has 2 aromatic rings. The highest BCUT2D eigenvalue weighted by atomic mass is 35.5. The molecule has 0 spiro atoms. The number of anilines is 1. The molecule has 0 radical (unpaired) electrons. The summed E-state index contributed by atoms with van der Waals surface area (Å²) < 4.78 is 16.5. The molecule has 0 bridgehead atoms. The van der Waals surface area contributed by atoms with E-state index in [1.54, 1.807) is 6.07 Å². The maximum absolute atomic E-state index is 12.2. The molecule has 0 aliphatic heterocycles. The van der Waals surface area contributed by atoms with Gasteiger partial charge in [0.2, 0.25) is 0 Å². The largest absolute Gasteiger partial charge is 0.490 e. The Balaban J connectivity index is 1.93. The minimum atomic E-state index is -0.286. The fourth-order valence-corrected chi connectivity index (χ4v) is 2.93. The quantitative estimate of drug-likeness (QED) is 0.418. The molecule has 3 N–H and O–H groups in total. The van der Waals surface area contributed by atoms with Crippen LogP contribution in [0.1, 0.15) is 18.1 Å². The number of amides is 1. The van der Waals surface area contributed by atoms with Gasteiger partial charge < -0.3 is 30.0 Å². The van der Waals surface area contributed by atoms with E-state index >= 15 is 0 Å². The number of carbonyl (C=O) groups excluding carboxylic acids is 1. The van der Waals surface area contributed by atoms with E-state index in [4.69, 9.17) is 30.9 Å². The molecule has 30 heavy (non-hydrogen) atoms. The summed E-state index contributed by atoms with van der Waals surface area (Å²) in [6.07, 6.45) is 0. The highest BCUT2D eigenvalue weighted by molar-refractivity contribution is 6.32. The van der Waals surface area contributed by atoms with Crippen molar-refractivity contribution in [1.82, 2.24) is 5.32 Å². The van der Waals surface area contributed by atoms with Crippen molar-refractivity contribution in [3.63, 3.8) is 0 Å². The average molecular weight is 437 g/mol. The molecule has 0 atom stereocenters. The number of rotatable bonds is 13. The van der Waals surface area contributed by atoms with Crippen molar-refractivity contribution in [2.75, 3.05) is 44.9 Å². The zero-order valence-electron chi connectivity index (χ0n) is 17.4. The Kier molecular flexibility index (Phi) is 10.4. The predicted molar refractivity (Wildman–Crippen MR) is 118 cm³/mol. The second-order valence-corrected chi connectivity index (χ2v) is 6.96. The Hall–Kier alpha value is -2.32. The van der Waals surface area contributed by atoms with Crippen LogP contribution in [0.15, 0.2) is 36.4 Å². The Morgan fingerprint density at radius 2 is 1.90 bits per heavy atom. The van der Waals surface area contributed by atoms with E-state index in [1.807, 2.05) is 44.2 Å². The first-order chi connectivity index (χ1) is 14.5. The second-order valence-electron chi connectivity index (χ2n) is 6.55. The van der Waals surface area contributed by atoms with Gasteiger partial charge in [-0.15, -0.1) is 0 Å². The van der Waals surface area contributed by atoms with E-state index in [0.717, 1.165) is 11.1 Å². The fourth-order valence-electron chi connectivity index (χ4n) is 2.64. The number of aliphatic hydroxyl groups excluding tert-OH is 1. The van der Waals surface area contributed by atoms with E-state index < -0.39 is 0 Å². The number of aryl methyl sites for hydroxylation is 1. The number of nitrogens with one attached hydrogen (secondary N) is 2. The summed E-state index contributed by atoms with van der Waals surface area (Å²) in [5.74, 6) is 0.542. The number of carbonyl (C=O) groups is 1. The van der Waals surface area contributed by atoms with Crippen LogP contribution in [0.4, 0.5) is 5.69 Å². The topological polar surface area (TPSA) is 89.1 Å². The summed E-state index contributed by atoms with van der Waals surface area (Å²) in [6.45, 7) is 6.14. The van der Waals surface area contributed by atoms with Gasteiger partial charge in [0.1, 0.15) is 0 Å². The van der Waals surface area contributed by atoms with E-state index in [9.17, 15) is 4.79 Å². The van der Waals surface area contributed by atoms with Crippen LogP contribution in [0.25, 0.3) is 0 Å². The third-order valence-electron chi connectivity index (χ3n) is 4.04. The van der Waals surface area contributed by atoms with Crippen molar-refractivity contribution >= 4 is 23.2 Å². The molecule has 0 aromatic heterocycles. The van der Waals surface area contributed by atoms with E-state index in [2.05, 4.69) is 10.6 Å². The van der Waals surface area contributed by atoms with Crippen molar-refractivity contribution in [1.29, 1.82) is 0 Å². The van der Waals surface area contributed by atoms with Gasteiger partial charge in [0.25, 0.3) is 5.91 Å². The normalized spacial score (nSPS) is 10.7. The van der Waals surface area contributed by atoms with E-state index in [1.165, 1.54) is 0 Å². The highest BCUT2D eigenvalue weighted by Crippen LogP contribution is 2.36. The molecule has 7 nitrogen and oxygen atoms in total. The second kappa shape index (κ2) is 13.1. The molecule has 0 saturated heterocycles. The first-order valence-electron chi connectivity index (χ1n) is 9.87. The molecule has 0 unspecified atom stereocenters. The lowest BCUT2D eigenvalue weighted by Crippen LogP contribution is -2.21. The van der Waals surface area contributed by atoms with Gasteiger partial charge in [-0.05, 0) is 43.7 Å². The van der Waals surface area contributed by atoms with Crippen LogP contribution in [0.2, 0.25) is 5.02 Å². The molecular weight excluding hydrogens is 408 g/mol. The monoisotopic (exact) mass is 436 g/mol. The van der Waals surface area contributed by atoms with Crippen LogP contribution < -0.4 is 20.1 Å². The van der Waals surface area contributed by atoms with Crippen LogP contribution in [0.3, 0.4) is 0 Å². The Labute approximate surface area is 182 Å². The van der Waals surface area contributed by atoms with Gasteiger partial charge in [-0.25, -0.2) is 0 Å². The van der Waals surface area contributed by atoms with Gasteiger partial charge in [0.05, 0.1) is 31.5 Å². The molecule has 0 heterocycles. The molecule has 8 heteroatoms. The van der Waals surface area contributed by atoms with Gasteiger partial charge in [-0.2, -0.15) is 0 Å². The van der Waals surface area contributed by atoms with E-state index in [0.29, 0.717) is 55.1 Å². The summed E-state index contributed by atoms with van der Waals surface area (Å²) in [4.78, 5) is 12.2. The third-order valence-corrected chi connectivity index (χ3v) is 4.32. The third kappa shape index (κ3) is 8.20. The standard InChI is InChI=1S/C22H29ClN2O5/c1-3-29-20-13-17(14-24-8-10-28-11-9-26)12-19(23)22(20)30-15-21(27)25-18-6-4-16(2)5-7-18/h4-7,12-13,24,26H,3,8-11,14-15H2,1-2H3,(H,25,27). The molecule has 0 aliphatic rings. The maximum Gasteiger partial charge on any atom is 0.262 e. The van der Waals surface area contributed by atoms with Crippen LogP contribution in [0, 0.1) is 6.92 Å². The smallest absolute Gasteiger partial charge is 0.262 e. The summed E-state index contributed by atoms with van der Waals surface area (Å²) in [5, 5.41) is 15.1. The van der Waals surface area contributed by atoms with Crippen molar-refractivity contribution in [3.8, 4) is 11.5 Å². The minimum Gasteiger partial charge on any atom is -0.490 e. The van der Waals surface area contributed by atoms with E-state index in [-0.39, 0.29) is 19.1 Å². The lowest BCUT2D eigenvalue weighted by Gasteiger charge is -2.15. The van der Waals surface area contributed by atoms with Crippen molar-refractivity contribution in [3.05, 3.63) is 52.5 Å². The molecular formula is C22H29ClN2O5. The number of hydrogen-bond acceptors (Lipinski definition) is 6. The number of halogens is 1. The Morgan fingerprint density at radius 3 is 2.60 bits per heavy atom. The predicted octanol–water partition coefficient (Wildman–Crippen LogP) is 3.16.